The number of rotatable bonds is 62. The molecule has 2 unspecified atom stereocenters. The fourth-order valence-corrected chi connectivity index (χ4v) is 9.31. The van der Waals surface area contributed by atoms with Crippen molar-refractivity contribution in [2.45, 2.75) is 296 Å². The summed E-state index contributed by atoms with van der Waals surface area (Å²) in [6.07, 6.45) is 85.9. The molecule has 0 aliphatic heterocycles. The van der Waals surface area contributed by atoms with Gasteiger partial charge in [0.25, 0.3) is 0 Å². The lowest BCUT2D eigenvalue weighted by Gasteiger charge is -2.26. The molecule has 0 saturated heterocycles. The molecule has 0 heterocycles. The number of hydrogen-bond donors (Lipinski definition) is 0. The van der Waals surface area contributed by atoms with Crippen LogP contribution >= 0.6 is 0 Å². The molecule has 0 spiro atoms. The molecule has 0 N–H and O–H groups in total. The van der Waals surface area contributed by atoms with Gasteiger partial charge in [0, 0.05) is 12.8 Å². The van der Waals surface area contributed by atoms with E-state index in [0.717, 1.165) is 89.9 Å². The molecule has 0 aliphatic rings. The summed E-state index contributed by atoms with van der Waals surface area (Å²) in [6, 6.07) is 0. The Hall–Kier alpha value is -4.05. The van der Waals surface area contributed by atoms with Gasteiger partial charge in [0.1, 0.15) is 13.2 Å². The highest BCUT2D eigenvalue weighted by Gasteiger charge is 2.22. The quantitative estimate of drug-likeness (QED) is 0.0195. The van der Waals surface area contributed by atoms with Crippen LogP contribution in [0.5, 0.6) is 0 Å². The van der Waals surface area contributed by atoms with E-state index in [9.17, 15) is 19.5 Å². The van der Waals surface area contributed by atoms with E-state index in [-0.39, 0.29) is 38.6 Å². The monoisotopic (exact) mass is 1160 g/mol. The summed E-state index contributed by atoms with van der Waals surface area (Å²) in [5, 5.41) is 11.8. The van der Waals surface area contributed by atoms with Crippen LogP contribution < -0.4 is 5.11 Å². The van der Waals surface area contributed by atoms with E-state index in [1.54, 1.807) is 0 Å². The summed E-state index contributed by atoms with van der Waals surface area (Å²) in [5.74, 6) is -2.28. The SMILES string of the molecule is CC/C=C\C/C=C\C/C=C\C/C=C\C/C=C\C/C=C\C/C=C\C/C=C\CCCCCCCCCCCCCCC(=O)OC(COC(=O)CCCCCCCCCCC/C=C\CCCCCCCCCC)COC(OCC[N+](C)(C)C)C(=O)[O-]. The number of ether oxygens (including phenoxy) is 4. The van der Waals surface area contributed by atoms with Crippen molar-refractivity contribution in [2.75, 3.05) is 47.5 Å². The van der Waals surface area contributed by atoms with Crippen LogP contribution in [0.25, 0.3) is 0 Å². The molecule has 2 atom stereocenters. The second-order valence-corrected chi connectivity index (χ2v) is 23.7. The lowest BCUT2D eigenvalue weighted by molar-refractivity contribution is -0.870. The molecule has 0 fully saturated rings. The third kappa shape index (κ3) is 65.3. The van der Waals surface area contributed by atoms with Gasteiger partial charge in [0.05, 0.1) is 40.3 Å². The number of quaternary nitrogens is 1. The Morgan fingerprint density at radius 3 is 1.04 bits per heavy atom. The molecule has 83 heavy (non-hydrogen) atoms. The number of aliphatic carboxylic acids is 1. The van der Waals surface area contributed by atoms with E-state index in [2.05, 4.69) is 123 Å². The molecule has 0 aromatic heterocycles. The Morgan fingerprint density at radius 1 is 0.373 bits per heavy atom. The van der Waals surface area contributed by atoms with Gasteiger partial charge in [0.15, 0.2) is 12.4 Å². The summed E-state index contributed by atoms with van der Waals surface area (Å²) in [7, 11) is 5.93. The van der Waals surface area contributed by atoms with Crippen LogP contribution in [-0.2, 0) is 33.3 Å². The highest BCUT2D eigenvalue weighted by Crippen LogP contribution is 2.16. The fourth-order valence-electron chi connectivity index (χ4n) is 9.31. The van der Waals surface area contributed by atoms with Crippen LogP contribution in [0.2, 0.25) is 0 Å². The van der Waals surface area contributed by atoms with Crippen molar-refractivity contribution in [1.29, 1.82) is 0 Å². The van der Waals surface area contributed by atoms with E-state index >= 15 is 0 Å². The fraction of sp³-hybridized carbons (Fsp3) is 0.716. The molecule has 0 aromatic carbocycles. The number of hydrogen-bond acceptors (Lipinski definition) is 8. The summed E-state index contributed by atoms with van der Waals surface area (Å²) in [4.78, 5) is 37.4. The van der Waals surface area contributed by atoms with Crippen LogP contribution in [0.1, 0.15) is 284 Å². The summed E-state index contributed by atoms with van der Waals surface area (Å²) < 4.78 is 22.8. The van der Waals surface area contributed by atoms with Gasteiger partial charge < -0.3 is 33.3 Å². The van der Waals surface area contributed by atoms with Crippen molar-refractivity contribution < 1.29 is 42.9 Å². The molecule has 0 bridgehead atoms. The van der Waals surface area contributed by atoms with Crippen molar-refractivity contribution in [3.05, 3.63) is 109 Å². The van der Waals surface area contributed by atoms with E-state index in [1.807, 2.05) is 21.1 Å². The number of unbranched alkanes of at least 4 members (excludes halogenated alkanes) is 29. The summed E-state index contributed by atoms with van der Waals surface area (Å²) in [6.45, 7) is 4.65. The van der Waals surface area contributed by atoms with Gasteiger partial charge in [-0.05, 0) is 103 Å². The molecule has 9 nitrogen and oxygen atoms in total. The molecule has 9 heteroatoms. The van der Waals surface area contributed by atoms with Crippen LogP contribution in [0.4, 0.5) is 0 Å². The first kappa shape index (κ1) is 79.0. The molecule has 0 aliphatic carbocycles. The summed E-state index contributed by atoms with van der Waals surface area (Å²) in [5.41, 5.74) is 0. The molecule has 0 amide bonds. The highest BCUT2D eigenvalue weighted by atomic mass is 16.7. The number of carboxylic acid groups (broad SMARTS) is 1. The molecule has 0 radical (unpaired) electrons. The Balaban J connectivity index is 4.14. The molecule has 476 valence electrons. The Kier molecular flexibility index (Phi) is 60.8. The number of carboxylic acids is 1. The lowest BCUT2D eigenvalue weighted by atomic mass is 10.0. The predicted molar refractivity (Wildman–Crippen MR) is 352 cm³/mol. The van der Waals surface area contributed by atoms with E-state index in [4.69, 9.17) is 18.9 Å². The van der Waals surface area contributed by atoms with Gasteiger partial charge in [-0.3, -0.25) is 9.59 Å². The number of carbonyl (C=O) groups excluding carboxylic acids is 3. The van der Waals surface area contributed by atoms with E-state index in [0.29, 0.717) is 17.4 Å². The van der Waals surface area contributed by atoms with Crippen LogP contribution in [0.15, 0.2) is 109 Å². The first-order chi connectivity index (χ1) is 40.6. The number of nitrogens with zero attached hydrogens (tertiary/aromatic N) is 1. The van der Waals surface area contributed by atoms with Crippen LogP contribution in [0.3, 0.4) is 0 Å². The molecular formula is C74H127NO8. The first-order valence-corrected chi connectivity index (χ1v) is 34.0. The number of allylic oxidation sites excluding steroid dienone is 18. The van der Waals surface area contributed by atoms with Gasteiger partial charge in [-0.15, -0.1) is 0 Å². The minimum Gasteiger partial charge on any atom is -0.545 e. The third-order valence-corrected chi connectivity index (χ3v) is 14.5. The Bertz CT molecular complexity index is 1730. The minimum atomic E-state index is -1.63. The van der Waals surface area contributed by atoms with Crippen molar-refractivity contribution in [2.24, 2.45) is 0 Å². The second kappa shape index (κ2) is 64.0. The number of carbonyl (C=O) groups is 3. The standard InChI is InChI=1S/C74H127NO8/c1-6-8-10-12-14-16-18-20-22-24-26-28-29-30-31-32-33-34-35-36-37-38-39-40-41-42-43-45-47-49-51-53-55-57-59-61-63-65-72(77)83-70(69-82-74(73(78)79)80-67-66-75(3,4)5)68-81-71(76)64-62-60-58-56-54-52-50-48-46-44-27-25-23-21-19-17-15-13-11-9-7-2/h8,10,14,16,20,22,25-28,30-31,33-34,36-37,39-40,70,74H,6-7,9,11-13,15,17-19,21,23-24,29,32,35,38,41-69H2,1-5H3/b10-8-,16-14-,22-20-,27-25-,28-26-,31-30-,34-33-,37-36-,40-39-. The maximum absolute atomic E-state index is 12.9. The zero-order valence-electron chi connectivity index (χ0n) is 54.3. The molecule has 0 saturated carbocycles. The topological polar surface area (TPSA) is 111 Å². The van der Waals surface area contributed by atoms with Gasteiger partial charge in [-0.1, -0.05) is 277 Å². The number of esters is 2. The maximum atomic E-state index is 12.9. The number of likely N-dealkylation sites (N-methyl/N-ethyl adjacent to an activating group) is 1. The van der Waals surface area contributed by atoms with Gasteiger partial charge in [-0.2, -0.15) is 0 Å². The van der Waals surface area contributed by atoms with E-state index < -0.39 is 24.3 Å². The molecule has 0 rings (SSSR count). The highest BCUT2D eigenvalue weighted by molar-refractivity contribution is 5.70. The molecular weight excluding hydrogens is 1030 g/mol. The molecule has 0 aromatic rings. The Labute approximate surface area is 511 Å². The van der Waals surface area contributed by atoms with Gasteiger partial charge in [-0.25, -0.2) is 0 Å². The zero-order valence-corrected chi connectivity index (χ0v) is 54.3. The lowest BCUT2D eigenvalue weighted by Crippen LogP contribution is -2.44. The van der Waals surface area contributed by atoms with Crippen molar-refractivity contribution >= 4 is 17.9 Å². The minimum absolute atomic E-state index is 0.144. The smallest absolute Gasteiger partial charge is 0.306 e. The second-order valence-electron chi connectivity index (χ2n) is 23.7. The van der Waals surface area contributed by atoms with Crippen LogP contribution in [0, 0.1) is 0 Å². The van der Waals surface area contributed by atoms with Crippen molar-refractivity contribution in [1.82, 2.24) is 0 Å². The average Bonchev–Trinajstić information content (AvgIpc) is 3.46. The Morgan fingerprint density at radius 2 is 0.687 bits per heavy atom. The normalized spacial score (nSPS) is 13.4. The zero-order chi connectivity index (χ0) is 60.5. The van der Waals surface area contributed by atoms with Crippen LogP contribution in [-0.4, -0.2) is 82.3 Å². The van der Waals surface area contributed by atoms with Crippen molar-refractivity contribution in [3.63, 3.8) is 0 Å². The van der Waals surface area contributed by atoms with Gasteiger partial charge in [0.2, 0.25) is 0 Å². The maximum Gasteiger partial charge on any atom is 0.306 e. The average molecular weight is 1160 g/mol. The largest absolute Gasteiger partial charge is 0.545 e. The van der Waals surface area contributed by atoms with Crippen molar-refractivity contribution in [3.8, 4) is 0 Å². The predicted octanol–water partition coefficient (Wildman–Crippen LogP) is 19.7. The van der Waals surface area contributed by atoms with E-state index in [1.165, 1.54) is 161 Å². The first-order valence-electron chi connectivity index (χ1n) is 34.0. The summed E-state index contributed by atoms with van der Waals surface area (Å²) >= 11 is 0. The third-order valence-electron chi connectivity index (χ3n) is 14.5. The van der Waals surface area contributed by atoms with Gasteiger partial charge >= 0.3 is 11.9 Å².